The van der Waals surface area contributed by atoms with Gasteiger partial charge < -0.3 is 20.0 Å². The molecule has 0 spiro atoms. The van der Waals surface area contributed by atoms with Crippen LogP contribution in [-0.2, 0) is 12.8 Å². The molecule has 8 nitrogen and oxygen atoms in total. The lowest BCUT2D eigenvalue weighted by atomic mass is 10.1. The lowest BCUT2D eigenvalue weighted by Crippen LogP contribution is -2.29. The van der Waals surface area contributed by atoms with E-state index in [-0.39, 0.29) is 11.5 Å². The average molecular weight is 747 g/mol. The molecule has 2 aromatic heterocycles. The third-order valence-electron chi connectivity index (χ3n) is 8.74. The van der Waals surface area contributed by atoms with E-state index in [0.29, 0.717) is 48.4 Å². The Labute approximate surface area is 313 Å². The average Bonchev–Trinajstić information content (AvgIpc) is 3.86. The minimum absolute atomic E-state index is 0.0273. The van der Waals surface area contributed by atoms with Crippen LogP contribution in [0.1, 0.15) is 57.7 Å². The van der Waals surface area contributed by atoms with Crippen molar-refractivity contribution in [3.8, 4) is 11.5 Å². The largest absolute Gasteiger partial charge is 0.507 e. The van der Waals surface area contributed by atoms with E-state index in [2.05, 4.69) is 64.8 Å². The molecule has 0 radical (unpaired) electrons. The number of thiophene rings is 2. The van der Waals surface area contributed by atoms with E-state index < -0.39 is 11.6 Å². The van der Waals surface area contributed by atoms with Crippen LogP contribution in [0.5, 0.6) is 11.5 Å². The van der Waals surface area contributed by atoms with Gasteiger partial charge in [-0.2, -0.15) is 0 Å². The van der Waals surface area contributed by atoms with E-state index in [1.807, 2.05) is 0 Å². The van der Waals surface area contributed by atoms with Gasteiger partial charge in [-0.05, 0) is 112 Å². The third-order valence-corrected chi connectivity index (χ3v) is 10.6. The summed E-state index contributed by atoms with van der Waals surface area (Å²) in [6, 6.07) is 13.6. The van der Waals surface area contributed by atoms with Crippen molar-refractivity contribution in [2.45, 2.75) is 38.5 Å². The van der Waals surface area contributed by atoms with Crippen LogP contribution < -0.4 is 0 Å². The summed E-state index contributed by atoms with van der Waals surface area (Å²) >= 11 is 3.49. The molecule has 0 unspecified atom stereocenters. The molecule has 0 amide bonds. The maximum atomic E-state index is 14.5. The summed E-state index contributed by atoms with van der Waals surface area (Å²) in [5, 5.41) is 25.9. The molecular weight excluding hydrogens is 699 g/mol. The van der Waals surface area contributed by atoms with Crippen molar-refractivity contribution in [3.63, 3.8) is 0 Å². The van der Waals surface area contributed by atoms with Crippen LogP contribution in [0.25, 0.3) is 0 Å². The lowest BCUT2D eigenvalue weighted by molar-refractivity contribution is 0.274. The molecule has 0 fully saturated rings. The number of benzene rings is 2. The Balaban J connectivity index is 1.28. The van der Waals surface area contributed by atoms with Crippen LogP contribution in [0.15, 0.2) is 79.3 Å². The number of aromatic hydroxyl groups is 2. The maximum absolute atomic E-state index is 14.5. The molecule has 4 aromatic rings. The van der Waals surface area contributed by atoms with Crippen molar-refractivity contribution in [2.75, 3.05) is 65.4 Å². The second-order valence-corrected chi connectivity index (χ2v) is 14.8. The zero-order valence-corrected chi connectivity index (χ0v) is 31.2. The molecule has 2 N–H and O–H groups in total. The first kappa shape index (κ1) is 39.1. The fourth-order valence-corrected chi connectivity index (χ4v) is 7.39. The zero-order chi connectivity index (χ0) is 36.4. The number of rotatable bonds is 6. The first-order chi connectivity index (χ1) is 25.4. The van der Waals surface area contributed by atoms with E-state index in [0.717, 1.165) is 77.8 Å². The van der Waals surface area contributed by atoms with Crippen LogP contribution in [0.2, 0.25) is 0 Å². The maximum Gasteiger partial charge on any atom is 0.133 e. The van der Waals surface area contributed by atoms with Gasteiger partial charge in [0, 0.05) is 96.1 Å². The predicted molar refractivity (Wildman–Crippen MR) is 213 cm³/mol. The van der Waals surface area contributed by atoms with Crippen LogP contribution in [-0.4, -0.2) is 110 Å². The highest BCUT2D eigenvalue weighted by atomic mass is 32.1. The van der Waals surface area contributed by atoms with E-state index in [9.17, 15) is 19.0 Å². The fourth-order valence-electron chi connectivity index (χ4n) is 5.99. The summed E-state index contributed by atoms with van der Waals surface area (Å²) in [6.45, 7) is 7.17. The number of halogens is 2. The minimum atomic E-state index is -0.447. The van der Waals surface area contributed by atoms with Crippen molar-refractivity contribution in [1.82, 2.24) is 9.80 Å². The third kappa shape index (κ3) is 13.1. The van der Waals surface area contributed by atoms with Gasteiger partial charge in [0.15, 0.2) is 0 Å². The van der Waals surface area contributed by atoms with Gasteiger partial charge in [0.05, 0.1) is 0 Å². The molecule has 52 heavy (non-hydrogen) atoms. The van der Waals surface area contributed by atoms with Gasteiger partial charge in [-0.15, -0.1) is 22.7 Å². The Morgan fingerprint density at radius 3 is 1.15 bits per heavy atom. The quantitative estimate of drug-likeness (QED) is 0.213. The van der Waals surface area contributed by atoms with E-state index in [4.69, 9.17) is 0 Å². The molecular formula is C40H48F2N6O2S2. The smallest absolute Gasteiger partial charge is 0.133 e. The molecule has 5 rings (SSSR count). The van der Waals surface area contributed by atoms with E-state index in [1.165, 1.54) is 58.9 Å². The van der Waals surface area contributed by atoms with Gasteiger partial charge in [0.1, 0.15) is 23.1 Å². The molecule has 0 atom stereocenters. The van der Waals surface area contributed by atoms with Crippen LogP contribution in [0.3, 0.4) is 0 Å². The van der Waals surface area contributed by atoms with Gasteiger partial charge >= 0.3 is 0 Å². The summed E-state index contributed by atoms with van der Waals surface area (Å²) in [5.74, 6) is -0.948. The monoisotopic (exact) mass is 746 g/mol. The summed E-state index contributed by atoms with van der Waals surface area (Å²) in [6.07, 6.45) is 11.2. The minimum Gasteiger partial charge on any atom is -0.507 e. The van der Waals surface area contributed by atoms with Crippen LogP contribution in [0.4, 0.5) is 8.78 Å². The highest BCUT2D eigenvalue weighted by Crippen LogP contribution is 2.23. The topological polar surface area (TPSA) is 96.4 Å². The first-order valence-electron chi connectivity index (χ1n) is 18.0. The molecule has 12 heteroatoms. The molecule has 1 aliphatic heterocycles. The Morgan fingerprint density at radius 2 is 0.865 bits per heavy atom. The van der Waals surface area contributed by atoms with Gasteiger partial charge in [-0.1, -0.05) is 12.1 Å². The second kappa shape index (κ2) is 21.4. The van der Waals surface area contributed by atoms with Crippen molar-refractivity contribution in [1.29, 1.82) is 0 Å². The van der Waals surface area contributed by atoms with Crippen LogP contribution >= 0.6 is 22.7 Å². The Morgan fingerprint density at radius 1 is 0.538 bits per heavy atom. The number of fused-ring (bicyclic) bond motifs is 4. The van der Waals surface area contributed by atoms with Gasteiger partial charge in [0.2, 0.25) is 0 Å². The highest BCUT2D eigenvalue weighted by Gasteiger charge is 2.11. The summed E-state index contributed by atoms with van der Waals surface area (Å²) in [7, 11) is 0. The Hall–Kier alpha value is -4.10. The Bertz CT molecular complexity index is 1560. The molecule has 276 valence electrons. The fraction of sp³-hybridized carbons (Fsp3) is 0.400. The predicted octanol–water partition coefficient (Wildman–Crippen LogP) is 7.54. The number of aliphatic imine (C=N–C) groups is 4. The standard InChI is InChI=1S/C40H48F2N6O2S2/c41-35-23-31-27-43-11-3-15-47(19-9-37-7-1-21-51-37)16-4-12-44-28-32-24-36(42)26-34(40(32)50)30-46-14-6-18-48(20-10-38-8-2-22-52-38)17-5-13-45-29-33(25-35)39(31)49/h1-2,7-8,21-30,49-50H,3-6,9-20H2. The van der Waals surface area contributed by atoms with E-state index in [1.54, 1.807) is 22.7 Å². The van der Waals surface area contributed by atoms with Gasteiger partial charge in [-0.3, -0.25) is 20.0 Å². The van der Waals surface area contributed by atoms with Gasteiger partial charge in [-0.25, -0.2) is 8.78 Å². The second-order valence-electron chi connectivity index (χ2n) is 12.8. The summed E-state index contributed by atoms with van der Waals surface area (Å²) < 4.78 is 29.1. The molecule has 2 aromatic carbocycles. The normalized spacial score (nSPS) is 16.5. The SMILES string of the molecule is Oc1c2cc(F)cc1C=NCCCN(CCc1cccs1)CCCN=Cc1cc(F)cc(c1O)C=NCCCN(CCc1cccs1)CCCN=C2. The molecule has 4 bridgehead atoms. The summed E-state index contributed by atoms with van der Waals surface area (Å²) in [4.78, 5) is 25.5. The first-order valence-corrected chi connectivity index (χ1v) is 19.7. The highest BCUT2D eigenvalue weighted by molar-refractivity contribution is 7.10. The number of phenols is 2. The lowest BCUT2D eigenvalue weighted by Gasteiger charge is -2.21. The Kier molecular flexibility index (Phi) is 16.1. The van der Waals surface area contributed by atoms with Gasteiger partial charge in [0.25, 0.3) is 0 Å². The molecule has 0 aliphatic carbocycles. The van der Waals surface area contributed by atoms with Crippen molar-refractivity contribution >= 4 is 47.5 Å². The van der Waals surface area contributed by atoms with E-state index >= 15 is 0 Å². The number of hydrogen-bond donors (Lipinski definition) is 2. The van der Waals surface area contributed by atoms with Crippen LogP contribution in [0, 0.1) is 11.6 Å². The molecule has 3 heterocycles. The zero-order valence-electron chi connectivity index (χ0n) is 29.5. The summed E-state index contributed by atoms with van der Waals surface area (Å²) in [5.41, 5.74) is 1.34. The molecule has 0 saturated carbocycles. The number of nitrogens with zero attached hydrogens (tertiary/aromatic N) is 6. The molecule has 0 saturated heterocycles. The van der Waals surface area contributed by atoms with Crippen molar-refractivity contribution in [2.24, 2.45) is 20.0 Å². The molecule has 1 aliphatic rings. The van der Waals surface area contributed by atoms with Crippen molar-refractivity contribution in [3.05, 3.63) is 103 Å². The number of phenolic OH excluding ortho intramolecular Hbond substituents is 2. The number of hydrogen-bond acceptors (Lipinski definition) is 10. The van der Waals surface area contributed by atoms with Crippen molar-refractivity contribution < 1.29 is 19.0 Å².